The van der Waals surface area contributed by atoms with Crippen molar-refractivity contribution in [2.75, 3.05) is 44.6 Å². The number of carbonyl (C=O) groups is 1. The molecule has 0 aliphatic carbocycles. The summed E-state index contributed by atoms with van der Waals surface area (Å²) in [5, 5.41) is 6.53. The Labute approximate surface area is 155 Å². The molecule has 0 saturated carbocycles. The Bertz CT molecular complexity index is 617. The fraction of sp³-hybridized carbons (Fsp3) is 0.500. The molecule has 2 rings (SSSR count). The number of hydrogen-bond donors (Lipinski definition) is 3. The summed E-state index contributed by atoms with van der Waals surface area (Å²) < 4.78 is 40.2. The predicted molar refractivity (Wildman–Crippen MR) is 95.2 cm³/mol. The van der Waals surface area contributed by atoms with Gasteiger partial charge in [0, 0.05) is 12.2 Å². The molecule has 1 aliphatic rings. The van der Waals surface area contributed by atoms with Gasteiger partial charge in [0.15, 0.2) is 11.7 Å². The Hall–Kier alpha value is -2.07. The number of hydrogen-bond acceptors (Lipinski definition) is 3. The number of anilines is 1. The van der Waals surface area contributed by atoms with Crippen LogP contribution in [-0.2, 0) is 4.79 Å². The van der Waals surface area contributed by atoms with Crippen molar-refractivity contribution in [3.63, 3.8) is 0 Å². The molecule has 0 aromatic heterocycles. The Morgan fingerprint density at radius 1 is 1.27 bits per heavy atom. The van der Waals surface area contributed by atoms with Crippen LogP contribution in [0.4, 0.5) is 18.9 Å². The zero-order valence-corrected chi connectivity index (χ0v) is 15.2. The molecule has 1 amide bonds. The lowest BCUT2D eigenvalue weighted by atomic mass is 10.3. The number of carbonyl (C=O) groups excluding carboxylic acids is 1. The molecular formula is C16H22F3N4O2S+. The van der Waals surface area contributed by atoms with E-state index in [2.05, 4.69) is 20.3 Å². The smallest absolute Gasteiger partial charge is 0.406 e. The number of nitrogens with one attached hydrogen (secondary N) is 3. The summed E-state index contributed by atoms with van der Waals surface area (Å²) in [6, 6.07) is 5.08. The van der Waals surface area contributed by atoms with Gasteiger partial charge in [-0.2, -0.15) is 0 Å². The molecule has 0 atom stereocenters. The van der Waals surface area contributed by atoms with Crippen LogP contribution in [0.3, 0.4) is 0 Å². The zero-order chi connectivity index (χ0) is 19.2. The fourth-order valence-corrected chi connectivity index (χ4v) is 2.96. The fourth-order valence-electron chi connectivity index (χ4n) is 2.64. The number of benzene rings is 1. The molecule has 0 radical (unpaired) electrons. The van der Waals surface area contributed by atoms with Gasteiger partial charge < -0.3 is 25.2 Å². The Kier molecular flexibility index (Phi) is 7.04. The quantitative estimate of drug-likeness (QED) is 0.643. The Balaban J connectivity index is 1.76. The largest absolute Gasteiger partial charge is 0.573 e. The molecule has 6 nitrogen and oxygen atoms in total. The van der Waals surface area contributed by atoms with E-state index in [1.807, 2.05) is 6.92 Å². The zero-order valence-electron chi connectivity index (χ0n) is 14.4. The molecule has 144 valence electrons. The molecule has 3 N–H and O–H groups in total. The minimum atomic E-state index is -4.73. The minimum Gasteiger partial charge on any atom is -0.406 e. The number of piperazine rings is 1. The number of ether oxygens (including phenoxy) is 1. The van der Waals surface area contributed by atoms with Gasteiger partial charge in [-0.15, -0.1) is 13.2 Å². The van der Waals surface area contributed by atoms with E-state index in [9.17, 15) is 18.0 Å². The van der Waals surface area contributed by atoms with Crippen LogP contribution in [0, 0.1) is 0 Å². The summed E-state index contributed by atoms with van der Waals surface area (Å²) in [5.41, 5.74) is 0.427. The van der Waals surface area contributed by atoms with Crippen LogP contribution >= 0.6 is 12.2 Å². The van der Waals surface area contributed by atoms with E-state index >= 15 is 0 Å². The molecule has 0 spiro atoms. The van der Waals surface area contributed by atoms with E-state index in [-0.39, 0.29) is 11.7 Å². The maximum atomic E-state index is 12.1. The number of amides is 1. The van der Waals surface area contributed by atoms with Crippen molar-refractivity contribution < 1.29 is 27.6 Å². The Morgan fingerprint density at radius 2 is 1.88 bits per heavy atom. The lowest BCUT2D eigenvalue weighted by molar-refractivity contribution is -0.895. The van der Waals surface area contributed by atoms with Crippen LogP contribution < -0.4 is 20.3 Å². The first-order valence-corrected chi connectivity index (χ1v) is 8.69. The van der Waals surface area contributed by atoms with Gasteiger partial charge in [-0.3, -0.25) is 4.79 Å². The third kappa shape index (κ3) is 6.68. The monoisotopic (exact) mass is 391 g/mol. The van der Waals surface area contributed by atoms with Crippen LogP contribution in [0.5, 0.6) is 5.75 Å². The molecule has 1 aromatic carbocycles. The maximum Gasteiger partial charge on any atom is 0.573 e. The van der Waals surface area contributed by atoms with Gasteiger partial charge in [-0.1, -0.05) is 0 Å². The SMILES string of the molecule is CCNC(=S)N1CC[NH+](CC(=O)Nc2ccc(OC(F)(F)F)cc2)CC1. The number of halogens is 3. The molecule has 10 heteroatoms. The summed E-state index contributed by atoms with van der Waals surface area (Å²) in [6.45, 7) is 6.19. The lowest BCUT2D eigenvalue weighted by Crippen LogP contribution is -3.15. The third-order valence-corrected chi connectivity index (χ3v) is 4.27. The third-order valence-electron chi connectivity index (χ3n) is 3.87. The van der Waals surface area contributed by atoms with Crippen LogP contribution in [0.25, 0.3) is 0 Å². The van der Waals surface area contributed by atoms with Crippen molar-refractivity contribution in [3.05, 3.63) is 24.3 Å². The van der Waals surface area contributed by atoms with Crippen molar-refractivity contribution in [1.82, 2.24) is 10.2 Å². The van der Waals surface area contributed by atoms with E-state index in [4.69, 9.17) is 12.2 Å². The molecule has 0 unspecified atom stereocenters. The lowest BCUT2D eigenvalue weighted by Gasteiger charge is -2.33. The average Bonchev–Trinajstić information content (AvgIpc) is 2.56. The van der Waals surface area contributed by atoms with Crippen LogP contribution in [-0.4, -0.2) is 61.6 Å². The molecule has 0 bridgehead atoms. The molecule has 1 heterocycles. The number of quaternary nitrogens is 1. The summed E-state index contributed by atoms with van der Waals surface area (Å²) >= 11 is 5.28. The highest BCUT2D eigenvalue weighted by Gasteiger charge is 2.31. The second-order valence-corrected chi connectivity index (χ2v) is 6.26. The van der Waals surface area contributed by atoms with Crippen molar-refractivity contribution in [1.29, 1.82) is 0 Å². The van der Waals surface area contributed by atoms with E-state index in [1.165, 1.54) is 12.1 Å². The molecule has 1 fully saturated rings. The first-order valence-electron chi connectivity index (χ1n) is 8.29. The second kappa shape index (κ2) is 9.04. The summed E-state index contributed by atoms with van der Waals surface area (Å²) in [4.78, 5) is 15.3. The highest BCUT2D eigenvalue weighted by Crippen LogP contribution is 2.23. The molecule has 1 aromatic rings. The topological polar surface area (TPSA) is 58.0 Å². The summed E-state index contributed by atoms with van der Waals surface area (Å²) in [5.74, 6) is -0.513. The van der Waals surface area contributed by atoms with E-state index in [0.29, 0.717) is 12.2 Å². The van der Waals surface area contributed by atoms with Crippen molar-refractivity contribution in [2.24, 2.45) is 0 Å². The molecular weight excluding hydrogens is 369 g/mol. The van der Waals surface area contributed by atoms with E-state index < -0.39 is 6.36 Å². The van der Waals surface area contributed by atoms with Crippen molar-refractivity contribution in [3.8, 4) is 5.75 Å². The van der Waals surface area contributed by atoms with Gasteiger partial charge in [-0.05, 0) is 43.4 Å². The van der Waals surface area contributed by atoms with Gasteiger partial charge in [0.1, 0.15) is 5.75 Å². The van der Waals surface area contributed by atoms with Crippen LogP contribution in [0.15, 0.2) is 24.3 Å². The Morgan fingerprint density at radius 3 is 2.42 bits per heavy atom. The first kappa shape index (κ1) is 20.2. The molecule has 1 saturated heterocycles. The minimum absolute atomic E-state index is 0.188. The summed E-state index contributed by atoms with van der Waals surface area (Å²) in [6.07, 6.45) is -4.73. The predicted octanol–water partition coefficient (Wildman–Crippen LogP) is 0.619. The van der Waals surface area contributed by atoms with Gasteiger partial charge >= 0.3 is 6.36 Å². The van der Waals surface area contributed by atoms with Gasteiger partial charge in [0.25, 0.3) is 5.91 Å². The van der Waals surface area contributed by atoms with Gasteiger partial charge in [-0.25, -0.2) is 0 Å². The van der Waals surface area contributed by atoms with Crippen LogP contribution in [0.1, 0.15) is 6.92 Å². The highest BCUT2D eigenvalue weighted by atomic mass is 32.1. The van der Waals surface area contributed by atoms with E-state index in [0.717, 1.165) is 54.9 Å². The summed E-state index contributed by atoms with van der Waals surface area (Å²) in [7, 11) is 0. The van der Waals surface area contributed by atoms with Crippen molar-refractivity contribution >= 4 is 28.9 Å². The second-order valence-electron chi connectivity index (χ2n) is 5.87. The maximum absolute atomic E-state index is 12.1. The van der Waals surface area contributed by atoms with Crippen molar-refractivity contribution in [2.45, 2.75) is 13.3 Å². The number of nitrogens with zero attached hydrogens (tertiary/aromatic N) is 1. The molecule has 26 heavy (non-hydrogen) atoms. The first-order chi connectivity index (χ1) is 12.3. The molecule has 1 aliphatic heterocycles. The average molecular weight is 391 g/mol. The standard InChI is InChI=1S/C16H21F3N4O2S/c1-2-20-15(26)23-9-7-22(8-10-23)11-14(24)21-12-3-5-13(6-4-12)25-16(17,18)19/h3-6H,2,7-11H2,1H3,(H,20,26)(H,21,24)/p+1. The van der Waals surface area contributed by atoms with E-state index in [1.54, 1.807) is 0 Å². The normalized spacial score (nSPS) is 15.5. The number of rotatable bonds is 5. The number of alkyl halides is 3. The highest BCUT2D eigenvalue weighted by molar-refractivity contribution is 7.80. The van der Waals surface area contributed by atoms with Gasteiger partial charge in [0.2, 0.25) is 0 Å². The van der Waals surface area contributed by atoms with Crippen LogP contribution in [0.2, 0.25) is 0 Å². The number of thiocarbonyl (C=S) groups is 1. The van der Waals surface area contributed by atoms with Gasteiger partial charge in [0.05, 0.1) is 26.2 Å².